The minimum Gasteiger partial charge on any atom is -0.258 e. The first-order valence-electron chi connectivity index (χ1n) is 3.97. The molecule has 0 amide bonds. The van der Waals surface area contributed by atoms with Gasteiger partial charge in [0.25, 0.3) is 5.69 Å². The minimum absolute atomic E-state index is 0.0425. The Morgan fingerprint density at radius 3 is 2.85 bits per heavy atom. The van der Waals surface area contributed by atoms with Gasteiger partial charge in [0.05, 0.1) is 9.95 Å². The third kappa shape index (κ3) is 3.02. The SMILES string of the molecule is CCCSc1ccc([N+](=O)[O-])cn1. The number of pyridine rings is 1. The minimum atomic E-state index is -0.443. The van der Waals surface area contributed by atoms with Gasteiger partial charge in [-0.25, -0.2) is 4.98 Å². The van der Waals surface area contributed by atoms with Crippen LogP contribution in [0.3, 0.4) is 0 Å². The number of aromatic nitrogens is 1. The summed E-state index contributed by atoms with van der Waals surface area (Å²) < 4.78 is 0. The quantitative estimate of drug-likeness (QED) is 0.423. The van der Waals surface area contributed by atoms with Crippen LogP contribution in [0.5, 0.6) is 0 Å². The van der Waals surface area contributed by atoms with Gasteiger partial charge in [-0.1, -0.05) is 6.92 Å². The number of nitrogens with zero attached hydrogens (tertiary/aromatic N) is 2. The van der Waals surface area contributed by atoms with Crippen LogP contribution < -0.4 is 0 Å². The van der Waals surface area contributed by atoms with Crippen molar-refractivity contribution in [2.75, 3.05) is 5.75 Å². The third-order valence-electron chi connectivity index (χ3n) is 1.39. The molecule has 4 nitrogen and oxygen atoms in total. The van der Waals surface area contributed by atoms with Crippen LogP contribution in [0.15, 0.2) is 23.4 Å². The average Bonchev–Trinajstić information content (AvgIpc) is 2.15. The third-order valence-corrected chi connectivity index (χ3v) is 2.54. The topological polar surface area (TPSA) is 56.0 Å². The van der Waals surface area contributed by atoms with Gasteiger partial charge in [-0.15, -0.1) is 11.8 Å². The summed E-state index contributed by atoms with van der Waals surface area (Å²) in [6.07, 6.45) is 2.36. The van der Waals surface area contributed by atoms with Crippen molar-refractivity contribution in [1.82, 2.24) is 4.98 Å². The van der Waals surface area contributed by atoms with Crippen LogP contribution >= 0.6 is 11.8 Å². The summed E-state index contributed by atoms with van der Waals surface area (Å²) in [5.74, 6) is 0.991. The van der Waals surface area contributed by atoms with Crippen molar-refractivity contribution < 1.29 is 4.92 Å². The molecule has 1 aromatic rings. The van der Waals surface area contributed by atoms with E-state index in [0.717, 1.165) is 17.2 Å². The van der Waals surface area contributed by atoms with E-state index in [1.807, 2.05) is 0 Å². The number of hydrogen-bond acceptors (Lipinski definition) is 4. The molecule has 1 heterocycles. The van der Waals surface area contributed by atoms with E-state index in [4.69, 9.17) is 0 Å². The zero-order valence-corrected chi connectivity index (χ0v) is 8.08. The molecular formula is C8H10N2O2S. The number of hydrogen-bond donors (Lipinski definition) is 0. The highest BCUT2D eigenvalue weighted by molar-refractivity contribution is 7.99. The summed E-state index contributed by atoms with van der Waals surface area (Å²) in [5.41, 5.74) is 0.0425. The molecule has 0 aromatic carbocycles. The molecule has 0 N–H and O–H groups in total. The van der Waals surface area contributed by atoms with Crippen molar-refractivity contribution in [3.63, 3.8) is 0 Å². The summed E-state index contributed by atoms with van der Waals surface area (Å²) in [6, 6.07) is 3.16. The summed E-state index contributed by atoms with van der Waals surface area (Å²) >= 11 is 1.61. The molecular weight excluding hydrogens is 188 g/mol. The van der Waals surface area contributed by atoms with E-state index in [0.29, 0.717) is 0 Å². The number of nitro groups is 1. The van der Waals surface area contributed by atoms with Gasteiger partial charge in [0.1, 0.15) is 6.20 Å². The van der Waals surface area contributed by atoms with Crippen molar-refractivity contribution >= 4 is 17.4 Å². The molecule has 0 bridgehead atoms. The maximum atomic E-state index is 10.3. The van der Waals surface area contributed by atoms with Crippen LogP contribution in [-0.2, 0) is 0 Å². The molecule has 1 aromatic heterocycles. The van der Waals surface area contributed by atoms with Crippen LogP contribution in [-0.4, -0.2) is 15.7 Å². The van der Waals surface area contributed by atoms with E-state index in [9.17, 15) is 10.1 Å². The lowest BCUT2D eigenvalue weighted by molar-refractivity contribution is -0.385. The fraction of sp³-hybridized carbons (Fsp3) is 0.375. The van der Waals surface area contributed by atoms with Gasteiger partial charge in [-0.3, -0.25) is 10.1 Å². The van der Waals surface area contributed by atoms with Crippen molar-refractivity contribution in [1.29, 1.82) is 0 Å². The van der Waals surface area contributed by atoms with Gasteiger partial charge in [0.2, 0.25) is 0 Å². The lowest BCUT2D eigenvalue weighted by Crippen LogP contribution is -1.89. The lowest BCUT2D eigenvalue weighted by atomic mass is 10.4. The second-order valence-corrected chi connectivity index (χ2v) is 3.58. The Morgan fingerprint density at radius 2 is 2.38 bits per heavy atom. The van der Waals surface area contributed by atoms with Crippen molar-refractivity contribution in [2.24, 2.45) is 0 Å². The van der Waals surface area contributed by atoms with Gasteiger partial charge in [-0.2, -0.15) is 0 Å². The van der Waals surface area contributed by atoms with Crippen LogP contribution in [0.4, 0.5) is 5.69 Å². The first kappa shape index (κ1) is 9.98. The Morgan fingerprint density at radius 1 is 1.62 bits per heavy atom. The summed E-state index contributed by atoms with van der Waals surface area (Å²) in [6.45, 7) is 2.08. The maximum absolute atomic E-state index is 10.3. The Kier molecular flexibility index (Phi) is 3.70. The molecule has 0 saturated heterocycles. The highest BCUT2D eigenvalue weighted by Crippen LogP contribution is 2.18. The molecule has 0 aliphatic carbocycles. The van der Waals surface area contributed by atoms with E-state index in [1.165, 1.54) is 12.3 Å². The fourth-order valence-corrected chi connectivity index (χ4v) is 1.48. The highest BCUT2D eigenvalue weighted by atomic mass is 32.2. The molecule has 0 spiro atoms. The maximum Gasteiger partial charge on any atom is 0.287 e. The van der Waals surface area contributed by atoms with E-state index >= 15 is 0 Å². The van der Waals surface area contributed by atoms with Gasteiger partial charge >= 0.3 is 0 Å². The molecule has 0 atom stereocenters. The molecule has 0 unspecified atom stereocenters. The summed E-state index contributed by atoms with van der Waals surface area (Å²) in [5, 5.41) is 11.1. The predicted molar refractivity (Wildman–Crippen MR) is 51.9 cm³/mol. The monoisotopic (exact) mass is 198 g/mol. The second kappa shape index (κ2) is 4.81. The Labute approximate surface area is 80.5 Å². The van der Waals surface area contributed by atoms with Crippen molar-refractivity contribution in [3.05, 3.63) is 28.4 Å². The van der Waals surface area contributed by atoms with E-state index < -0.39 is 4.92 Å². The van der Waals surface area contributed by atoms with Crippen molar-refractivity contribution in [2.45, 2.75) is 18.4 Å². The lowest BCUT2D eigenvalue weighted by Gasteiger charge is -1.96. The van der Waals surface area contributed by atoms with E-state index in [2.05, 4.69) is 11.9 Å². The predicted octanol–water partition coefficient (Wildman–Crippen LogP) is 2.49. The molecule has 0 aliphatic rings. The first-order valence-corrected chi connectivity index (χ1v) is 4.96. The van der Waals surface area contributed by atoms with Crippen LogP contribution in [0.25, 0.3) is 0 Å². The van der Waals surface area contributed by atoms with E-state index in [1.54, 1.807) is 17.8 Å². The van der Waals surface area contributed by atoms with Gasteiger partial charge < -0.3 is 0 Å². The molecule has 0 saturated carbocycles. The zero-order valence-electron chi connectivity index (χ0n) is 7.27. The summed E-state index contributed by atoms with van der Waals surface area (Å²) in [7, 11) is 0. The highest BCUT2D eigenvalue weighted by Gasteiger charge is 2.04. The van der Waals surface area contributed by atoms with Crippen LogP contribution in [0, 0.1) is 10.1 Å². The Balaban J connectivity index is 2.64. The molecule has 13 heavy (non-hydrogen) atoms. The number of rotatable bonds is 4. The van der Waals surface area contributed by atoms with Gasteiger partial charge in [0, 0.05) is 6.07 Å². The normalized spacial score (nSPS) is 9.92. The first-order chi connectivity index (χ1) is 6.24. The molecule has 1 rings (SSSR count). The Hall–Kier alpha value is -1.10. The molecule has 0 radical (unpaired) electrons. The summed E-state index contributed by atoms with van der Waals surface area (Å²) in [4.78, 5) is 13.8. The van der Waals surface area contributed by atoms with E-state index in [-0.39, 0.29) is 5.69 Å². The van der Waals surface area contributed by atoms with Crippen molar-refractivity contribution in [3.8, 4) is 0 Å². The fourth-order valence-electron chi connectivity index (χ4n) is 0.773. The number of thioether (sulfide) groups is 1. The second-order valence-electron chi connectivity index (χ2n) is 2.46. The molecule has 0 fully saturated rings. The molecule has 5 heteroatoms. The standard InChI is InChI=1S/C8H10N2O2S/c1-2-5-13-8-4-3-7(6-9-8)10(11)12/h3-4,6H,2,5H2,1H3. The van der Waals surface area contributed by atoms with Crippen LogP contribution in [0.2, 0.25) is 0 Å². The molecule has 70 valence electrons. The zero-order chi connectivity index (χ0) is 9.68. The van der Waals surface area contributed by atoms with Gasteiger partial charge in [-0.05, 0) is 18.2 Å². The largest absolute Gasteiger partial charge is 0.287 e. The Bertz CT molecular complexity index is 287. The average molecular weight is 198 g/mol. The smallest absolute Gasteiger partial charge is 0.258 e. The van der Waals surface area contributed by atoms with Crippen LogP contribution in [0.1, 0.15) is 13.3 Å². The van der Waals surface area contributed by atoms with Gasteiger partial charge in [0.15, 0.2) is 0 Å². The molecule has 0 aliphatic heterocycles.